The van der Waals surface area contributed by atoms with Gasteiger partial charge >= 0.3 is 5.97 Å². The highest BCUT2D eigenvalue weighted by atomic mass is 79.9. The smallest absolute Gasteiger partial charge is 0.308 e. The summed E-state index contributed by atoms with van der Waals surface area (Å²) in [5, 5.41) is 9.27. The zero-order valence-corrected chi connectivity index (χ0v) is 15.2. The Morgan fingerprint density at radius 1 is 1.43 bits per heavy atom. The molecule has 23 heavy (non-hydrogen) atoms. The fourth-order valence-electron chi connectivity index (χ4n) is 2.96. The van der Waals surface area contributed by atoms with E-state index in [4.69, 9.17) is 4.74 Å². The van der Waals surface area contributed by atoms with E-state index in [-0.39, 0.29) is 11.9 Å². The SMILES string of the molecule is Cc1ccc(OC(C)C(=O)N2CCC[C@H](C(=O)O)[C@@H]2C)c(Br)c1. The van der Waals surface area contributed by atoms with Crippen LogP contribution < -0.4 is 4.74 Å². The molecule has 0 aliphatic carbocycles. The maximum atomic E-state index is 12.7. The molecule has 1 aromatic carbocycles. The standard InChI is InChI=1S/C17H22BrNO4/c1-10-6-7-15(14(18)9-10)23-12(3)16(20)19-8-4-5-13(11(19)2)17(21)22/h6-7,9,11-13H,4-5,8H2,1-3H3,(H,21,22)/t11-,12?,13-/m0/s1. The number of benzene rings is 1. The number of hydrogen-bond acceptors (Lipinski definition) is 3. The van der Waals surface area contributed by atoms with Crippen LogP contribution >= 0.6 is 15.9 Å². The van der Waals surface area contributed by atoms with Gasteiger partial charge in [0.25, 0.3) is 5.91 Å². The first-order valence-corrected chi connectivity index (χ1v) is 8.56. The zero-order valence-electron chi connectivity index (χ0n) is 13.6. The van der Waals surface area contributed by atoms with Gasteiger partial charge in [0.15, 0.2) is 6.10 Å². The van der Waals surface area contributed by atoms with Gasteiger partial charge in [0.2, 0.25) is 0 Å². The number of aliphatic carboxylic acids is 1. The van der Waals surface area contributed by atoms with Gasteiger partial charge < -0.3 is 14.7 Å². The summed E-state index contributed by atoms with van der Waals surface area (Å²) in [4.78, 5) is 25.6. The maximum absolute atomic E-state index is 12.7. The number of rotatable bonds is 4. The molecule has 0 spiro atoms. The molecule has 0 saturated carbocycles. The van der Waals surface area contributed by atoms with E-state index >= 15 is 0 Å². The molecule has 1 saturated heterocycles. The number of carboxylic acids is 1. The van der Waals surface area contributed by atoms with Crippen molar-refractivity contribution in [2.45, 2.75) is 45.8 Å². The molecule has 1 unspecified atom stereocenters. The summed E-state index contributed by atoms with van der Waals surface area (Å²) in [7, 11) is 0. The van der Waals surface area contributed by atoms with Crippen LogP contribution in [0.25, 0.3) is 0 Å². The largest absolute Gasteiger partial charge is 0.481 e. The molecule has 1 fully saturated rings. The Morgan fingerprint density at radius 3 is 2.74 bits per heavy atom. The molecule has 1 amide bonds. The Labute approximate surface area is 144 Å². The van der Waals surface area contributed by atoms with Gasteiger partial charge in [-0.15, -0.1) is 0 Å². The minimum absolute atomic E-state index is 0.170. The lowest BCUT2D eigenvalue weighted by Crippen LogP contribution is -2.52. The summed E-state index contributed by atoms with van der Waals surface area (Å²) in [5.74, 6) is -0.914. The van der Waals surface area contributed by atoms with E-state index in [9.17, 15) is 14.7 Å². The van der Waals surface area contributed by atoms with Gasteiger partial charge in [0.1, 0.15) is 5.75 Å². The zero-order chi connectivity index (χ0) is 17.1. The normalized spacial score (nSPS) is 22.5. The first-order valence-electron chi connectivity index (χ1n) is 7.77. The number of ether oxygens (including phenoxy) is 1. The molecule has 0 aromatic heterocycles. The van der Waals surface area contributed by atoms with Crippen molar-refractivity contribution in [2.24, 2.45) is 5.92 Å². The number of carbonyl (C=O) groups excluding carboxylic acids is 1. The molecular formula is C17H22BrNO4. The van der Waals surface area contributed by atoms with Crippen LogP contribution in [0.1, 0.15) is 32.3 Å². The van der Waals surface area contributed by atoms with Gasteiger partial charge in [-0.05, 0) is 67.2 Å². The molecular weight excluding hydrogens is 362 g/mol. The van der Waals surface area contributed by atoms with Crippen molar-refractivity contribution >= 4 is 27.8 Å². The summed E-state index contributed by atoms with van der Waals surface area (Å²) in [6.07, 6.45) is 0.650. The molecule has 3 atom stereocenters. The van der Waals surface area contributed by atoms with Crippen LogP contribution in [0.15, 0.2) is 22.7 Å². The van der Waals surface area contributed by atoms with Gasteiger partial charge in [-0.1, -0.05) is 6.07 Å². The molecule has 6 heteroatoms. The third-order valence-electron chi connectivity index (χ3n) is 4.33. The number of halogens is 1. The number of nitrogens with zero attached hydrogens (tertiary/aromatic N) is 1. The van der Waals surface area contributed by atoms with Gasteiger partial charge in [0, 0.05) is 12.6 Å². The summed E-state index contributed by atoms with van der Waals surface area (Å²) in [6, 6.07) is 5.35. The molecule has 0 bridgehead atoms. The average Bonchev–Trinajstić information content (AvgIpc) is 2.49. The minimum atomic E-state index is -0.843. The van der Waals surface area contributed by atoms with Gasteiger partial charge in [-0.2, -0.15) is 0 Å². The first kappa shape index (κ1) is 17.8. The van der Waals surface area contributed by atoms with E-state index in [0.29, 0.717) is 25.1 Å². The molecule has 1 aliphatic rings. The van der Waals surface area contributed by atoms with Crippen LogP contribution in [0, 0.1) is 12.8 Å². The predicted octanol–water partition coefficient (Wildman–Crippen LogP) is 3.24. The summed E-state index contributed by atoms with van der Waals surface area (Å²) in [6.45, 7) is 6.05. The topological polar surface area (TPSA) is 66.8 Å². The molecule has 1 aromatic rings. The second kappa shape index (κ2) is 7.34. The summed E-state index contributed by atoms with van der Waals surface area (Å²) < 4.78 is 6.57. The van der Waals surface area contributed by atoms with Crippen molar-refractivity contribution in [3.8, 4) is 5.75 Å². The molecule has 1 N–H and O–H groups in total. The van der Waals surface area contributed by atoms with E-state index < -0.39 is 18.0 Å². The van der Waals surface area contributed by atoms with Crippen LogP contribution in [0.5, 0.6) is 5.75 Å². The fraction of sp³-hybridized carbons (Fsp3) is 0.529. The van der Waals surface area contributed by atoms with E-state index in [1.54, 1.807) is 18.7 Å². The third-order valence-corrected chi connectivity index (χ3v) is 4.95. The van der Waals surface area contributed by atoms with Crippen molar-refractivity contribution in [3.63, 3.8) is 0 Å². The minimum Gasteiger partial charge on any atom is -0.481 e. The highest BCUT2D eigenvalue weighted by molar-refractivity contribution is 9.10. The molecule has 2 rings (SSSR count). The van der Waals surface area contributed by atoms with Gasteiger partial charge in [0.05, 0.1) is 10.4 Å². The van der Waals surface area contributed by atoms with Crippen LogP contribution in [-0.4, -0.2) is 40.6 Å². The number of likely N-dealkylation sites (tertiary alicyclic amines) is 1. The highest BCUT2D eigenvalue weighted by Gasteiger charge is 2.37. The average molecular weight is 384 g/mol. The van der Waals surface area contributed by atoms with E-state index in [0.717, 1.165) is 10.0 Å². The predicted molar refractivity (Wildman–Crippen MR) is 90.5 cm³/mol. The van der Waals surface area contributed by atoms with Gasteiger partial charge in [-0.3, -0.25) is 9.59 Å². The number of carbonyl (C=O) groups is 2. The van der Waals surface area contributed by atoms with Gasteiger partial charge in [-0.25, -0.2) is 0 Å². The van der Waals surface area contributed by atoms with Crippen LogP contribution in [0.4, 0.5) is 0 Å². The third kappa shape index (κ3) is 4.05. The van der Waals surface area contributed by atoms with E-state index in [2.05, 4.69) is 15.9 Å². The lowest BCUT2D eigenvalue weighted by atomic mass is 9.90. The molecule has 1 heterocycles. The maximum Gasteiger partial charge on any atom is 0.308 e. The Bertz CT molecular complexity index is 604. The lowest BCUT2D eigenvalue weighted by molar-refractivity contribution is -0.151. The molecule has 1 aliphatic heterocycles. The Kier molecular flexibility index (Phi) is 5.68. The van der Waals surface area contributed by atoms with Crippen molar-refractivity contribution in [1.29, 1.82) is 0 Å². The number of hydrogen-bond donors (Lipinski definition) is 1. The van der Waals surface area contributed by atoms with Crippen molar-refractivity contribution in [1.82, 2.24) is 4.90 Å². The summed E-state index contributed by atoms with van der Waals surface area (Å²) >= 11 is 3.43. The number of aryl methyl sites for hydroxylation is 1. The van der Waals surface area contributed by atoms with E-state index in [1.807, 2.05) is 25.1 Å². The Hall–Kier alpha value is -1.56. The fourth-order valence-corrected chi connectivity index (χ4v) is 3.55. The van der Waals surface area contributed by atoms with Crippen LogP contribution in [-0.2, 0) is 9.59 Å². The van der Waals surface area contributed by atoms with Crippen LogP contribution in [0.3, 0.4) is 0 Å². The monoisotopic (exact) mass is 383 g/mol. The molecule has 0 radical (unpaired) electrons. The molecule has 126 valence electrons. The number of amides is 1. The quantitative estimate of drug-likeness (QED) is 0.866. The Morgan fingerprint density at radius 2 is 2.13 bits per heavy atom. The Balaban J connectivity index is 2.08. The van der Waals surface area contributed by atoms with Crippen molar-refractivity contribution in [2.75, 3.05) is 6.54 Å². The van der Waals surface area contributed by atoms with E-state index in [1.165, 1.54) is 0 Å². The van der Waals surface area contributed by atoms with Crippen molar-refractivity contribution < 1.29 is 19.4 Å². The first-order chi connectivity index (χ1) is 10.8. The second-order valence-electron chi connectivity index (χ2n) is 6.05. The number of piperidine rings is 1. The highest BCUT2D eigenvalue weighted by Crippen LogP contribution is 2.28. The lowest BCUT2D eigenvalue weighted by Gasteiger charge is -2.38. The molecule has 5 nitrogen and oxygen atoms in total. The number of carboxylic acid groups (broad SMARTS) is 1. The second-order valence-corrected chi connectivity index (χ2v) is 6.91. The van der Waals surface area contributed by atoms with Crippen LogP contribution in [0.2, 0.25) is 0 Å². The summed E-state index contributed by atoms with van der Waals surface area (Å²) in [5.41, 5.74) is 1.09. The van der Waals surface area contributed by atoms with Crippen molar-refractivity contribution in [3.05, 3.63) is 28.2 Å².